The largest absolute Gasteiger partial charge is 0.459 e. The summed E-state index contributed by atoms with van der Waals surface area (Å²) < 4.78 is 11.4. The van der Waals surface area contributed by atoms with E-state index in [4.69, 9.17) is 8.83 Å². The quantitative estimate of drug-likeness (QED) is 0.651. The van der Waals surface area contributed by atoms with Gasteiger partial charge < -0.3 is 14.3 Å². The standard InChI is InChI=1S/C14H18N2O2/c1-4-10-6-8-12(17-10)14(16-15-3)13-9-7-11(5-2)18-13/h6-9,15H,4-5H2,1-3H3. The van der Waals surface area contributed by atoms with E-state index in [2.05, 4.69) is 24.4 Å². The number of hydrazone groups is 1. The molecule has 96 valence electrons. The third kappa shape index (κ3) is 2.47. The molecule has 2 heterocycles. The Balaban J connectivity index is 2.36. The fourth-order valence-electron chi connectivity index (χ4n) is 1.73. The Morgan fingerprint density at radius 2 is 1.50 bits per heavy atom. The lowest BCUT2D eigenvalue weighted by Crippen LogP contribution is -2.07. The highest BCUT2D eigenvalue weighted by Gasteiger charge is 2.15. The smallest absolute Gasteiger partial charge is 0.168 e. The van der Waals surface area contributed by atoms with Crippen molar-refractivity contribution in [3.8, 4) is 0 Å². The van der Waals surface area contributed by atoms with Gasteiger partial charge in [-0.25, -0.2) is 0 Å². The van der Waals surface area contributed by atoms with E-state index < -0.39 is 0 Å². The molecule has 0 aromatic carbocycles. The van der Waals surface area contributed by atoms with E-state index in [9.17, 15) is 0 Å². The van der Waals surface area contributed by atoms with Crippen molar-refractivity contribution >= 4 is 5.71 Å². The van der Waals surface area contributed by atoms with Gasteiger partial charge in [0.25, 0.3) is 0 Å². The van der Waals surface area contributed by atoms with Crippen molar-refractivity contribution in [3.05, 3.63) is 47.3 Å². The minimum Gasteiger partial charge on any atom is -0.459 e. The van der Waals surface area contributed by atoms with Gasteiger partial charge >= 0.3 is 0 Å². The summed E-state index contributed by atoms with van der Waals surface area (Å²) in [4.78, 5) is 0. The summed E-state index contributed by atoms with van der Waals surface area (Å²) in [5.41, 5.74) is 3.48. The van der Waals surface area contributed by atoms with Crippen molar-refractivity contribution in [1.29, 1.82) is 0 Å². The van der Waals surface area contributed by atoms with Crippen LogP contribution in [0, 0.1) is 0 Å². The van der Waals surface area contributed by atoms with Crippen molar-refractivity contribution in [2.24, 2.45) is 5.10 Å². The van der Waals surface area contributed by atoms with E-state index in [1.807, 2.05) is 24.3 Å². The molecule has 4 nitrogen and oxygen atoms in total. The summed E-state index contributed by atoms with van der Waals surface area (Å²) in [5.74, 6) is 3.32. The van der Waals surface area contributed by atoms with Crippen molar-refractivity contribution < 1.29 is 8.83 Å². The molecule has 0 radical (unpaired) electrons. The molecular weight excluding hydrogens is 228 g/mol. The van der Waals surface area contributed by atoms with Crippen LogP contribution in [-0.2, 0) is 12.8 Å². The van der Waals surface area contributed by atoms with E-state index in [-0.39, 0.29) is 0 Å². The van der Waals surface area contributed by atoms with Crippen molar-refractivity contribution in [2.45, 2.75) is 26.7 Å². The van der Waals surface area contributed by atoms with Gasteiger partial charge in [0.1, 0.15) is 11.5 Å². The SMILES string of the molecule is CCc1ccc(C(=NNC)c2ccc(CC)o2)o1. The highest BCUT2D eigenvalue weighted by molar-refractivity contribution is 6.09. The van der Waals surface area contributed by atoms with Crippen LogP contribution in [0.3, 0.4) is 0 Å². The summed E-state index contributed by atoms with van der Waals surface area (Å²) in [7, 11) is 1.76. The van der Waals surface area contributed by atoms with Crippen LogP contribution >= 0.6 is 0 Å². The van der Waals surface area contributed by atoms with E-state index in [1.54, 1.807) is 7.05 Å². The Morgan fingerprint density at radius 1 is 1.00 bits per heavy atom. The summed E-state index contributed by atoms with van der Waals surface area (Å²) >= 11 is 0. The first-order valence-corrected chi connectivity index (χ1v) is 6.21. The molecule has 0 saturated carbocycles. The van der Waals surface area contributed by atoms with Crippen LogP contribution in [0.4, 0.5) is 0 Å². The minimum absolute atomic E-state index is 0.692. The Bertz CT molecular complexity index is 493. The first-order chi connectivity index (χ1) is 8.78. The molecular formula is C14H18N2O2. The summed E-state index contributed by atoms with van der Waals surface area (Å²) in [6.07, 6.45) is 1.73. The van der Waals surface area contributed by atoms with Crippen molar-refractivity contribution in [2.75, 3.05) is 7.05 Å². The molecule has 0 fully saturated rings. The van der Waals surface area contributed by atoms with Gasteiger partial charge in [0.2, 0.25) is 0 Å². The molecule has 1 N–H and O–H groups in total. The third-order valence-electron chi connectivity index (χ3n) is 2.71. The zero-order valence-electron chi connectivity index (χ0n) is 11.0. The van der Waals surface area contributed by atoms with Crippen LogP contribution in [0.2, 0.25) is 0 Å². The molecule has 0 aliphatic carbocycles. The second-order valence-corrected chi connectivity index (χ2v) is 3.92. The number of nitrogens with zero attached hydrogens (tertiary/aromatic N) is 1. The monoisotopic (exact) mass is 246 g/mol. The highest BCUT2D eigenvalue weighted by atomic mass is 16.4. The molecule has 0 aliphatic heterocycles. The van der Waals surface area contributed by atoms with Gasteiger partial charge in [-0.2, -0.15) is 5.10 Å². The normalized spacial score (nSPS) is 10.4. The van der Waals surface area contributed by atoms with Gasteiger partial charge in [-0.05, 0) is 24.3 Å². The van der Waals surface area contributed by atoms with Gasteiger partial charge in [-0.1, -0.05) is 13.8 Å². The van der Waals surface area contributed by atoms with E-state index in [1.165, 1.54) is 0 Å². The maximum absolute atomic E-state index is 5.71. The average Bonchev–Trinajstić information content (AvgIpc) is 3.04. The average molecular weight is 246 g/mol. The van der Waals surface area contributed by atoms with Gasteiger partial charge in [0, 0.05) is 19.9 Å². The topological polar surface area (TPSA) is 50.7 Å². The van der Waals surface area contributed by atoms with Crippen LogP contribution in [0.5, 0.6) is 0 Å². The Kier molecular flexibility index (Phi) is 3.87. The van der Waals surface area contributed by atoms with Crippen molar-refractivity contribution in [1.82, 2.24) is 5.43 Å². The molecule has 0 spiro atoms. The molecule has 2 aromatic rings. The Morgan fingerprint density at radius 3 is 1.83 bits per heavy atom. The number of hydrogen-bond donors (Lipinski definition) is 1. The van der Waals surface area contributed by atoms with Crippen LogP contribution in [0.15, 0.2) is 38.2 Å². The molecule has 2 rings (SSSR count). The second kappa shape index (κ2) is 5.58. The molecule has 0 unspecified atom stereocenters. The zero-order valence-corrected chi connectivity index (χ0v) is 11.0. The van der Waals surface area contributed by atoms with E-state index >= 15 is 0 Å². The number of nitrogens with one attached hydrogen (secondary N) is 1. The molecule has 18 heavy (non-hydrogen) atoms. The fraction of sp³-hybridized carbons (Fsp3) is 0.357. The predicted molar refractivity (Wildman–Crippen MR) is 70.9 cm³/mol. The number of furan rings is 2. The molecule has 4 heteroatoms. The van der Waals surface area contributed by atoms with Gasteiger partial charge in [0.15, 0.2) is 17.2 Å². The van der Waals surface area contributed by atoms with Gasteiger partial charge in [-0.3, -0.25) is 0 Å². The number of hydrogen-bond acceptors (Lipinski definition) is 4. The summed E-state index contributed by atoms with van der Waals surface area (Å²) in [6, 6.07) is 7.76. The molecule has 2 aromatic heterocycles. The maximum atomic E-state index is 5.71. The van der Waals surface area contributed by atoms with Crippen LogP contribution in [0.25, 0.3) is 0 Å². The predicted octanol–water partition coefficient (Wildman–Crippen LogP) is 2.97. The number of rotatable bonds is 5. The Hall–Kier alpha value is -1.97. The number of aryl methyl sites for hydroxylation is 2. The summed E-state index contributed by atoms with van der Waals surface area (Å²) in [6.45, 7) is 4.11. The van der Waals surface area contributed by atoms with Crippen LogP contribution < -0.4 is 5.43 Å². The minimum atomic E-state index is 0.692. The van der Waals surface area contributed by atoms with Gasteiger partial charge in [-0.15, -0.1) is 0 Å². The summed E-state index contributed by atoms with van der Waals surface area (Å²) in [5, 5.41) is 4.24. The maximum Gasteiger partial charge on any atom is 0.168 e. The first kappa shape index (κ1) is 12.5. The van der Waals surface area contributed by atoms with Crippen LogP contribution in [-0.4, -0.2) is 12.8 Å². The highest BCUT2D eigenvalue weighted by Crippen LogP contribution is 2.17. The van der Waals surface area contributed by atoms with E-state index in [0.717, 1.165) is 35.9 Å². The Labute approximate surface area is 107 Å². The van der Waals surface area contributed by atoms with E-state index in [0.29, 0.717) is 5.71 Å². The molecule has 0 aliphatic rings. The molecule has 0 saturated heterocycles. The van der Waals surface area contributed by atoms with Crippen molar-refractivity contribution in [3.63, 3.8) is 0 Å². The second-order valence-electron chi connectivity index (χ2n) is 3.92. The third-order valence-corrected chi connectivity index (χ3v) is 2.71. The molecule has 0 amide bonds. The lowest BCUT2D eigenvalue weighted by Gasteiger charge is -2.00. The lowest BCUT2D eigenvalue weighted by atomic mass is 10.2. The molecule has 0 atom stereocenters. The lowest BCUT2D eigenvalue weighted by molar-refractivity contribution is 0.490. The van der Waals surface area contributed by atoms with Crippen LogP contribution in [0.1, 0.15) is 36.9 Å². The zero-order chi connectivity index (χ0) is 13.0. The fourth-order valence-corrected chi connectivity index (χ4v) is 1.73. The first-order valence-electron chi connectivity index (χ1n) is 6.21. The molecule has 0 bridgehead atoms. The van der Waals surface area contributed by atoms with Gasteiger partial charge in [0.05, 0.1) is 0 Å².